The van der Waals surface area contributed by atoms with Gasteiger partial charge in [-0.1, -0.05) is 17.7 Å². The van der Waals surface area contributed by atoms with E-state index in [0.717, 1.165) is 16.0 Å². The zero-order valence-electron chi connectivity index (χ0n) is 18.5. The quantitative estimate of drug-likeness (QED) is 0.288. The van der Waals surface area contributed by atoms with Gasteiger partial charge in [-0.2, -0.15) is 0 Å². The summed E-state index contributed by atoms with van der Waals surface area (Å²) < 4.78 is 10.7. The summed E-state index contributed by atoms with van der Waals surface area (Å²) in [6.07, 6.45) is 0. The zero-order valence-corrected chi connectivity index (χ0v) is 20.1. The molecule has 3 aromatic rings. The Kier molecular flexibility index (Phi) is 6.19. The number of aryl methyl sites for hydroxylation is 2. The number of thiophene rings is 1. The number of aliphatic hydroxyl groups is 1. The molecule has 0 aliphatic carbocycles. The molecule has 2 aromatic carbocycles. The number of hydrogen-bond donors (Lipinski definition) is 1. The lowest BCUT2D eigenvalue weighted by atomic mass is 9.97. The van der Waals surface area contributed by atoms with Gasteiger partial charge in [0.05, 0.1) is 30.4 Å². The standard InChI is InChI=1S/C25H22ClNO5S/c1-13-10-17(23(32-4)18(26)11-13)21(28)19-20(24-14(2)8-9-33-24)27(25(30)22(19)29)15-6-5-7-16(12-15)31-3/h5-12,20,28H,1-4H3/b21-19+. The molecule has 0 bridgehead atoms. The number of Topliss-reactive ketones (excluding diaryl/α,β-unsaturated/α-hetero) is 1. The number of aliphatic hydroxyl groups excluding tert-OH is 1. The molecule has 4 rings (SSSR count). The summed E-state index contributed by atoms with van der Waals surface area (Å²) in [5.41, 5.74) is 2.40. The molecule has 1 atom stereocenters. The van der Waals surface area contributed by atoms with Gasteiger partial charge < -0.3 is 14.6 Å². The SMILES string of the molecule is COc1cccc(N2C(=O)C(=O)/C(=C(/O)c3cc(C)cc(Cl)c3OC)C2c2sccc2C)c1. The summed E-state index contributed by atoms with van der Waals surface area (Å²) in [7, 11) is 2.96. The molecular weight excluding hydrogens is 462 g/mol. The molecule has 1 saturated heterocycles. The van der Waals surface area contributed by atoms with Crippen LogP contribution in [0, 0.1) is 13.8 Å². The van der Waals surface area contributed by atoms with Crippen molar-refractivity contribution in [2.75, 3.05) is 19.1 Å². The number of ketones is 1. The van der Waals surface area contributed by atoms with Crippen LogP contribution in [0.1, 0.15) is 27.6 Å². The summed E-state index contributed by atoms with van der Waals surface area (Å²) >= 11 is 7.75. The van der Waals surface area contributed by atoms with Crippen LogP contribution in [0.4, 0.5) is 5.69 Å². The number of anilines is 1. The maximum Gasteiger partial charge on any atom is 0.300 e. The number of halogens is 1. The first-order valence-corrected chi connectivity index (χ1v) is 11.4. The van der Waals surface area contributed by atoms with Crippen LogP contribution in [-0.2, 0) is 9.59 Å². The predicted molar refractivity (Wildman–Crippen MR) is 130 cm³/mol. The molecule has 1 aromatic heterocycles. The van der Waals surface area contributed by atoms with Gasteiger partial charge in [0.2, 0.25) is 0 Å². The summed E-state index contributed by atoms with van der Waals surface area (Å²) in [5.74, 6) is -1.08. The molecule has 1 amide bonds. The number of carbonyl (C=O) groups excluding carboxylic acids is 2. The number of carbonyl (C=O) groups is 2. The molecular formula is C25H22ClNO5S. The number of methoxy groups -OCH3 is 2. The molecule has 1 unspecified atom stereocenters. The fourth-order valence-corrected chi connectivity index (χ4v) is 5.41. The van der Waals surface area contributed by atoms with E-state index in [-0.39, 0.29) is 22.6 Å². The first kappa shape index (κ1) is 22.9. The van der Waals surface area contributed by atoms with Crippen molar-refractivity contribution in [2.45, 2.75) is 19.9 Å². The lowest BCUT2D eigenvalue weighted by Gasteiger charge is -2.25. The van der Waals surface area contributed by atoms with E-state index in [1.54, 1.807) is 36.4 Å². The third-order valence-corrected chi connectivity index (χ3v) is 6.93. The van der Waals surface area contributed by atoms with Crippen molar-refractivity contribution < 1.29 is 24.2 Å². The van der Waals surface area contributed by atoms with E-state index in [1.807, 2.05) is 25.3 Å². The molecule has 1 N–H and O–H groups in total. The third-order valence-electron chi connectivity index (χ3n) is 5.57. The van der Waals surface area contributed by atoms with Crippen LogP contribution in [0.3, 0.4) is 0 Å². The van der Waals surface area contributed by atoms with E-state index in [9.17, 15) is 14.7 Å². The molecule has 33 heavy (non-hydrogen) atoms. The molecule has 1 aliphatic rings. The van der Waals surface area contributed by atoms with E-state index in [0.29, 0.717) is 16.5 Å². The Bertz CT molecular complexity index is 1300. The molecule has 0 spiro atoms. The second-order valence-electron chi connectivity index (χ2n) is 7.67. The molecule has 1 fully saturated rings. The van der Waals surface area contributed by atoms with Crippen LogP contribution >= 0.6 is 22.9 Å². The lowest BCUT2D eigenvalue weighted by Crippen LogP contribution is -2.29. The summed E-state index contributed by atoms with van der Waals surface area (Å²) in [6, 6.07) is 11.4. The highest BCUT2D eigenvalue weighted by atomic mass is 35.5. The Labute approximate surface area is 200 Å². The molecule has 1 aliphatic heterocycles. The Morgan fingerprint density at radius 1 is 1.09 bits per heavy atom. The maximum atomic E-state index is 13.3. The number of hydrogen-bond acceptors (Lipinski definition) is 6. The van der Waals surface area contributed by atoms with Crippen molar-refractivity contribution in [3.63, 3.8) is 0 Å². The van der Waals surface area contributed by atoms with Gasteiger partial charge in [-0.3, -0.25) is 14.5 Å². The van der Waals surface area contributed by atoms with Gasteiger partial charge in [0.15, 0.2) is 0 Å². The largest absolute Gasteiger partial charge is 0.507 e. The van der Waals surface area contributed by atoms with Crippen molar-refractivity contribution >= 4 is 46.1 Å². The highest BCUT2D eigenvalue weighted by Crippen LogP contribution is 2.46. The Balaban J connectivity index is 2.01. The fraction of sp³-hybridized carbons (Fsp3) is 0.200. The van der Waals surface area contributed by atoms with E-state index < -0.39 is 17.7 Å². The van der Waals surface area contributed by atoms with Crippen LogP contribution < -0.4 is 14.4 Å². The van der Waals surface area contributed by atoms with Crippen LogP contribution in [0.2, 0.25) is 5.02 Å². The van der Waals surface area contributed by atoms with Crippen molar-refractivity contribution in [3.05, 3.63) is 80.0 Å². The van der Waals surface area contributed by atoms with Gasteiger partial charge in [0.1, 0.15) is 23.3 Å². The zero-order chi connectivity index (χ0) is 23.9. The predicted octanol–water partition coefficient (Wildman–Crippen LogP) is 5.66. The van der Waals surface area contributed by atoms with Crippen molar-refractivity contribution in [2.24, 2.45) is 0 Å². The Morgan fingerprint density at radius 3 is 2.48 bits per heavy atom. The van der Waals surface area contributed by atoms with E-state index in [1.165, 1.54) is 30.5 Å². The first-order valence-electron chi connectivity index (χ1n) is 10.1. The highest BCUT2D eigenvalue weighted by molar-refractivity contribution is 7.10. The fourth-order valence-electron chi connectivity index (χ4n) is 4.03. The minimum atomic E-state index is -0.818. The van der Waals surface area contributed by atoms with E-state index >= 15 is 0 Å². The van der Waals surface area contributed by atoms with Gasteiger partial charge in [-0.15, -0.1) is 11.3 Å². The number of benzene rings is 2. The maximum absolute atomic E-state index is 13.3. The second-order valence-corrected chi connectivity index (χ2v) is 9.02. The van der Waals surface area contributed by atoms with E-state index in [2.05, 4.69) is 0 Å². The molecule has 0 radical (unpaired) electrons. The summed E-state index contributed by atoms with van der Waals surface area (Å²) in [6.45, 7) is 3.72. The van der Waals surface area contributed by atoms with Crippen LogP contribution in [0.5, 0.6) is 11.5 Å². The smallest absolute Gasteiger partial charge is 0.300 e. The Hall–Kier alpha value is -3.29. The first-order chi connectivity index (χ1) is 15.8. The molecule has 0 saturated carbocycles. The number of ether oxygens (including phenoxy) is 2. The molecule has 2 heterocycles. The molecule has 6 nitrogen and oxygen atoms in total. The van der Waals surface area contributed by atoms with Crippen molar-refractivity contribution in [3.8, 4) is 11.5 Å². The van der Waals surface area contributed by atoms with Gasteiger partial charge in [0, 0.05) is 16.6 Å². The summed E-state index contributed by atoms with van der Waals surface area (Å²) in [5, 5.41) is 13.6. The van der Waals surface area contributed by atoms with Crippen LogP contribution in [0.15, 0.2) is 53.4 Å². The average molecular weight is 484 g/mol. The van der Waals surface area contributed by atoms with Crippen LogP contribution in [-0.4, -0.2) is 31.0 Å². The number of amides is 1. The van der Waals surface area contributed by atoms with Gasteiger partial charge in [-0.25, -0.2) is 0 Å². The van der Waals surface area contributed by atoms with Gasteiger partial charge in [-0.05, 0) is 60.7 Å². The average Bonchev–Trinajstić information content (AvgIpc) is 3.33. The van der Waals surface area contributed by atoms with Gasteiger partial charge in [0.25, 0.3) is 11.7 Å². The van der Waals surface area contributed by atoms with E-state index in [4.69, 9.17) is 21.1 Å². The molecule has 8 heteroatoms. The monoisotopic (exact) mass is 483 g/mol. The Morgan fingerprint density at radius 2 is 1.85 bits per heavy atom. The topological polar surface area (TPSA) is 76.1 Å². The van der Waals surface area contributed by atoms with Crippen molar-refractivity contribution in [1.82, 2.24) is 0 Å². The highest BCUT2D eigenvalue weighted by Gasteiger charge is 2.48. The third kappa shape index (κ3) is 3.87. The van der Waals surface area contributed by atoms with Crippen LogP contribution in [0.25, 0.3) is 5.76 Å². The van der Waals surface area contributed by atoms with Gasteiger partial charge >= 0.3 is 0 Å². The lowest BCUT2D eigenvalue weighted by molar-refractivity contribution is -0.132. The number of rotatable bonds is 5. The minimum Gasteiger partial charge on any atom is -0.507 e. The normalized spacial score (nSPS) is 17.5. The number of nitrogens with zero attached hydrogens (tertiary/aromatic N) is 1. The minimum absolute atomic E-state index is 0.0201. The second kappa shape index (κ2) is 8.92. The summed E-state index contributed by atoms with van der Waals surface area (Å²) in [4.78, 5) is 28.8. The molecule has 170 valence electrons. The van der Waals surface area contributed by atoms with Crippen molar-refractivity contribution in [1.29, 1.82) is 0 Å².